The van der Waals surface area contributed by atoms with E-state index in [1.54, 1.807) is 0 Å². The van der Waals surface area contributed by atoms with Gasteiger partial charge in [0.05, 0.1) is 0 Å². The Morgan fingerprint density at radius 3 is 1.50 bits per heavy atom. The molecule has 0 saturated carbocycles. The van der Waals surface area contributed by atoms with Crippen molar-refractivity contribution in [2.45, 2.75) is 0 Å². The summed E-state index contributed by atoms with van der Waals surface area (Å²) >= 11 is 3.31. The Balaban J connectivity index is -0.000000163. The number of rotatable bonds is 0. The van der Waals surface area contributed by atoms with Gasteiger partial charge < -0.3 is 0 Å². The zero-order valence-electron chi connectivity index (χ0n) is 5.29. The molecule has 0 heterocycles. The molecule has 0 N–H and O–H groups in total. The minimum absolute atomic E-state index is 0. The van der Waals surface area contributed by atoms with E-state index in [1.165, 1.54) is 0 Å². The van der Waals surface area contributed by atoms with E-state index in [2.05, 4.69) is 15.9 Å². The highest BCUT2D eigenvalue weighted by Gasteiger charge is 1.74. The van der Waals surface area contributed by atoms with Crippen molar-refractivity contribution in [1.29, 1.82) is 0 Å². The smallest absolute Gasteiger partial charge is 0.0175 e. The third kappa shape index (κ3) is 6.82. The Hall–Kier alpha value is 0.710. The lowest BCUT2D eigenvalue weighted by atomic mass is 10.4. The summed E-state index contributed by atoms with van der Waals surface area (Å²) < 4.78 is 1.13. The fraction of sp³-hybridized carbons (Fsp3) is 0. The summed E-state index contributed by atoms with van der Waals surface area (Å²) in [4.78, 5) is 0. The molecular weight excluding hydrogens is 254 g/mol. The molecule has 0 nitrogen and oxygen atoms in total. The van der Waals surface area contributed by atoms with Crippen molar-refractivity contribution in [1.82, 2.24) is 0 Å². The highest BCUT2D eigenvalue weighted by Crippen LogP contribution is 2.05. The van der Waals surface area contributed by atoms with Gasteiger partial charge in [-0.15, -0.1) is 24.8 Å². The fourth-order valence-corrected chi connectivity index (χ4v) is 0.720. The van der Waals surface area contributed by atoms with E-state index >= 15 is 0 Å². The molecule has 0 aromatic heterocycles. The molecule has 0 fully saturated rings. The van der Waals surface area contributed by atoms with Gasteiger partial charge in [0.15, 0.2) is 0 Å². The molecule has 0 spiro atoms. The van der Waals surface area contributed by atoms with Crippen molar-refractivity contribution in [3.8, 4) is 0 Å². The van der Waals surface area contributed by atoms with E-state index in [9.17, 15) is 0 Å². The van der Waals surface area contributed by atoms with E-state index in [0.717, 1.165) is 4.47 Å². The molecule has 4 heteroatoms. The zero-order chi connectivity index (χ0) is 5.11. The van der Waals surface area contributed by atoms with Gasteiger partial charge in [-0.1, -0.05) is 34.1 Å². The van der Waals surface area contributed by atoms with Crippen LogP contribution in [0.25, 0.3) is 0 Å². The van der Waals surface area contributed by atoms with Gasteiger partial charge in [0, 0.05) is 4.47 Å². The first-order valence-electron chi connectivity index (χ1n) is 2.10. The zero-order valence-corrected chi connectivity index (χ0v) is 9.92. The van der Waals surface area contributed by atoms with Crippen molar-refractivity contribution in [3.05, 3.63) is 34.8 Å². The summed E-state index contributed by atoms with van der Waals surface area (Å²) in [6, 6.07) is 9.97. The molecule has 0 aliphatic carbocycles. The molecule has 1 aromatic carbocycles. The number of halogens is 3. The first-order valence-corrected chi connectivity index (χ1v) is 2.89. The maximum Gasteiger partial charge on any atom is 0.0175 e. The van der Waals surface area contributed by atoms with E-state index < -0.39 is 0 Å². The summed E-state index contributed by atoms with van der Waals surface area (Å²) in [5.41, 5.74) is 0. The van der Waals surface area contributed by atoms with Gasteiger partial charge in [0.2, 0.25) is 0 Å². The summed E-state index contributed by atoms with van der Waals surface area (Å²) in [7, 11) is 0. The van der Waals surface area contributed by atoms with Gasteiger partial charge >= 0.3 is 0 Å². The topological polar surface area (TPSA) is 0 Å². The normalized spacial score (nSPS) is 6.10. The molecule has 1 atom stereocenters. The minimum Gasteiger partial charge on any atom is -0.153 e. The van der Waals surface area contributed by atoms with Crippen LogP contribution < -0.4 is 0 Å². The van der Waals surface area contributed by atoms with Crippen LogP contribution in [0.5, 0.6) is 0 Å². The molecule has 0 aliphatic heterocycles. The lowest BCUT2D eigenvalue weighted by Gasteiger charge is -1.80. The Morgan fingerprint density at radius 2 is 1.30 bits per heavy atom. The second kappa shape index (κ2) is 9.71. The van der Waals surface area contributed by atoms with Crippen molar-refractivity contribution in [2.75, 3.05) is 0 Å². The average molecular weight is 264 g/mol. The van der Waals surface area contributed by atoms with Gasteiger partial charge in [-0.25, -0.2) is 0 Å². The molecule has 0 saturated heterocycles. The van der Waals surface area contributed by atoms with Crippen LogP contribution in [0.2, 0.25) is 0 Å². The number of benzene rings is 1. The second-order valence-corrected chi connectivity index (χ2v) is 2.21. The van der Waals surface area contributed by atoms with E-state index in [0.29, 0.717) is 0 Å². The van der Waals surface area contributed by atoms with Crippen LogP contribution in [0, 0.1) is 0 Å². The van der Waals surface area contributed by atoms with Crippen LogP contribution >= 0.6 is 50.6 Å². The van der Waals surface area contributed by atoms with Gasteiger partial charge in [0.25, 0.3) is 0 Å². The molecular formula is C6H10BrCl2P. The summed E-state index contributed by atoms with van der Waals surface area (Å²) in [5.74, 6) is 0. The van der Waals surface area contributed by atoms with Crippen LogP contribution in [0.4, 0.5) is 0 Å². The molecule has 0 bridgehead atoms. The Labute approximate surface area is 85.4 Å². The summed E-state index contributed by atoms with van der Waals surface area (Å²) in [5, 5.41) is 0. The van der Waals surface area contributed by atoms with Crippen molar-refractivity contribution in [3.63, 3.8) is 0 Å². The first kappa shape index (κ1) is 17.0. The lowest BCUT2D eigenvalue weighted by molar-refractivity contribution is 1.66. The van der Waals surface area contributed by atoms with Crippen LogP contribution in [-0.2, 0) is 0 Å². The molecule has 1 aromatic rings. The Morgan fingerprint density at radius 1 is 0.900 bits per heavy atom. The van der Waals surface area contributed by atoms with Gasteiger partial charge in [0.1, 0.15) is 0 Å². The molecule has 1 rings (SSSR count). The molecule has 0 amide bonds. The van der Waals surface area contributed by atoms with Crippen LogP contribution in [0.3, 0.4) is 0 Å². The lowest BCUT2D eigenvalue weighted by Crippen LogP contribution is -1.55. The van der Waals surface area contributed by atoms with Crippen molar-refractivity contribution in [2.24, 2.45) is 0 Å². The van der Waals surface area contributed by atoms with Crippen LogP contribution in [0.15, 0.2) is 34.8 Å². The highest BCUT2D eigenvalue weighted by molar-refractivity contribution is 9.10. The predicted octanol–water partition coefficient (Wildman–Crippen LogP) is 3.35. The average Bonchev–Trinajstić information content (AvgIpc) is 1.69. The van der Waals surface area contributed by atoms with Crippen molar-refractivity contribution >= 4 is 50.6 Å². The second-order valence-electron chi connectivity index (χ2n) is 1.30. The molecule has 0 aliphatic rings. The third-order valence-electron chi connectivity index (χ3n) is 0.733. The fourth-order valence-electron chi connectivity index (χ4n) is 0.415. The molecule has 1 unspecified atom stereocenters. The van der Waals surface area contributed by atoms with Crippen LogP contribution in [-0.4, -0.2) is 0 Å². The van der Waals surface area contributed by atoms with Crippen LogP contribution in [0.1, 0.15) is 0 Å². The van der Waals surface area contributed by atoms with Crippen molar-refractivity contribution < 1.29 is 0 Å². The molecule has 0 radical (unpaired) electrons. The summed E-state index contributed by atoms with van der Waals surface area (Å²) in [6.07, 6.45) is 0. The standard InChI is InChI=1S/C6H5Br.2ClH.H3P/c7-6-4-2-1-3-5-6;;;/h1-5H;2*1H;1H3. The van der Waals surface area contributed by atoms with Gasteiger partial charge in [-0.2, -0.15) is 9.90 Å². The number of hydrogen-bond donors (Lipinski definition) is 0. The molecule has 60 valence electrons. The largest absolute Gasteiger partial charge is 0.153 e. The summed E-state index contributed by atoms with van der Waals surface area (Å²) in [6.45, 7) is 0. The Bertz CT molecular complexity index is 146. The van der Waals surface area contributed by atoms with E-state index in [1.807, 2.05) is 30.3 Å². The molecule has 10 heavy (non-hydrogen) atoms. The third-order valence-corrected chi connectivity index (χ3v) is 1.26. The predicted molar refractivity (Wildman–Crippen MR) is 59.7 cm³/mol. The SMILES string of the molecule is Brc1ccccc1.Cl.Cl.P. The van der Waals surface area contributed by atoms with Gasteiger partial charge in [-0.3, -0.25) is 0 Å². The first-order chi connectivity index (χ1) is 3.39. The highest BCUT2D eigenvalue weighted by atomic mass is 79.9. The van der Waals surface area contributed by atoms with E-state index in [-0.39, 0.29) is 34.7 Å². The monoisotopic (exact) mass is 262 g/mol. The quantitative estimate of drug-likeness (QED) is 0.630. The van der Waals surface area contributed by atoms with Gasteiger partial charge in [-0.05, 0) is 12.1 Å². The minimum atomic E-state index is 0. The maximum atomic E-state index is 3.31. The maximum absolute atomic E-state index is 3.31. The Kier molecular flexibility index (Phi) is 16.5. The van der Waals surface area contributed by atoms with E-state index in [4.69, 9.17) is 0 Å². The number of hydrogen-bond acceptors (Lipinski definition) is 0.